The number of benzene rings is 8. The summed E-state index contributed by atoms with van der Waals surface area (Å²) < 4.78 is 8.27. The molecule has 0 spiro atoms. The van der Waals surface area contributed by atoms with Gasteiger partial charge < -0.3 is 4.42 Å². The van der Waals surface area contributed by atoms with Crippen molar-refractivity contribution in [3.05, 3.63) is 193 Å². The molecule has 0 saturated carbocycles. The first-order valence-electron chi connectivity index (χ1n) is 19.7. The molecule has 0 atom stereocenters. The highest BCUT2D eigenvalue weighted by molar-refractivity contribution is 6.12. The Morgan fingerprint density at radius 3 is 1.68 bits per heavy atom. The number of furan rings is 1. The van der Waals surface area contributed by atoms with Crippen LogP contribution in [-0.2, 0) is 0 Å². The predicted octanol–water partition coefficient (Wildman–Crippen LogP) is 13.8. The van der Waals surface area contributed by atoms with E-state index in [9.17, 15) is 0 Å². The lowest BCUT2D eigenvalue weighted by Crippen LogP contribution is -2.01. The Morgan fingerprint density at radius 2 is 0.983 bits per heavy atom. The number of pyridine rings is 1. The summed E-state index contributed by atoms with van der Waals surface area (Å²) in [4.78, 5) is 24.3. The maximum atomic E-state index is 7.79. The third-order valence-corrected chi connectivity index (χ3v) is 11.5. The molecule has 7 nitrogen and oxygen atoms in total. The third-order valence-electron chi connectivity index (χ3n) is 11.5. The number of fused-ring (bicyclic) bond motifs is 8. The second-order valence-electron chi connectivity index (χ2n) is 14.9. The zero-order valence-electron chi connectivity index (χ0n) is 31.9. The molecule has 278 valence electrons. The predicted molar refractivity (Wildman–Crippen MR) is 242 cm³/mol. The first-order valence-corrected chi connectivity index (χ1v) is 19.7. The lowest BCUT2D eigenvalue weighted by atomic mass is 10.0. The molecule has 4 heterocycles. The third kappa shape index (κ3) is 5.36. The minimum absolute atomic E-state index is 0.587. The van der Waals surface area contributed by atoms with Crippen LogP contribution in [-0.4, -0.2) is 24.5 Å². The standard InChI is InChI=1S/C53H30N6O/c1-54-37-25-27-46-44(31-37)43-30-36(24-26-45(43)59(46)49-29-28-48-50(55-49)42-16-6-7-19-47(42)60-48)32-20-22-35(23-21-32)51-56-52(40-17-8-12-33-10-2-4-14-38(33)40)58-53(57-51)41-18-9-13-34-11-3-5-15-39(34)41/h2-31H. The average Bonchev–Trinajstić information content (AvgIpc) is 3.85. The van der Waals surface area contributed by atoms with E-state index in [1.54, 1.807) is 0 Å². The summed E-state index contributed by atoms with van der Waals surface area (Å²) in [5.41, 5.74) is 9.83. The van der Waals surface area contributed by atoms with E-state index >= 15 is 0 Å². The molecule has 0 amide bonds. The molecular formula is C53H30N6O. The summed E-state index contributed by atoms with van der Waals surface area (Å²) in [5.74, 6) is 2.63. The van der Waals surface area contributed by atoms with Crippen molar-refractivity contribution >= 4 is 71.1 Å². The smallest absolute Gasteiger partial charge is 0.188 e. The molecular weight excluding hydrogens is 737 g/mol. The maximum absolute atomic E-state index is 7.79. The van der Waals surface area contributed by atoms with Gasteiger partial charge in [0.1, 0.15) is 16.9 Å². The van der Waals surface area contributed by atoms with E-state index in [4.69, 9.17) is 30.9 Å². The van der Waals surface area contributed by atoms with Gasteiger partial charge in [-0.2, -0.15) is 0 Å². The van der Waals surface area contributed by atoms with Gasteiger partial charge in [-0.15, -0.1) is 0 Å². The number of hydrogen-bond acceptors (Lipinski definition) is 5. The summed E-state index contributed by atoms with van der Waals surface area (Å²) >= 11 is 0. The highest BCUT2D eigenvalue weighted by Crippen LogP contribution is 2.39. The minimum Gasteiger partial charge on any atom is -0.454 e. The van der Waals surface area contributed by atoms with Crippen LogP contribution < -0.4 is 0 Å². The molecule has 12 rings (SSSR count). The molecule has 7 heteroatoms. The fraction of sp³-hybridized carbons (Fsp3) is 0. The molecule has 0 unspecified atom stereocenters. The zero-order chi connectivity index (χ0) is 39.7. The fourth-order valence-corrected chi connectivity index (χ4v) is 8.61. The molecule has 8 aromatic carbocycles. The summed E-state index contributed by atoms with van der Waals surface area (Å²) in [6.07, 6.45) is 0. The summed E-state index contributed by atoms with van der Waals surface area (Å²) in [5, 5.41) is 7.43. The Hall–Kier alpha value is -8.47. The van der Waals surface area contributed by atoms with Crippen LogP contribution in [0.4, 0.5) is 5.69 Å². The number of rotatable bonds is 5. The van der Waals surface area contributed by atoms with Crippen molar-refractivity contribution in [1.29, 1.82) is 0 Å². The van der Waals surface area contributed by atoms with E-state index in [1.165, 1.54) is 0 Å². The fourth-order valence-electron chi connectivity index (χ4n) is 8.61. The molecule has 12 aromatic rings. The van der Waals surface area contributed by atoms with Crippen LogP contribution in [0.2, 0.25) is 0 Å². The van der Waals surface area contributed by atoms with Gasteiger partial charge in [-0.05, 0) is 86.6 Å². The van der Waals surface area contributed by atoms with Crippen molar-refractivity contribution in [3.8, 4) is 51.1 Å². The monoisotopic (exact) mass is 766 g/mol. The van der Waals surface area contributed by atoms with Crippen molar-refractivity contribution in [2.24, 2.45) is 0 Å². The van der Waals surface area contributed by atoms with Gasteiger partial charge >= 0.3 is 0 Å². The molecule has 0 radical (unpaired) electrons. The molecule has 0 aliphatic heterocycles. The van der Waals surface area contributed by atoms with Gasteiger partial charge in [0.2, 0.25) is 0 Å². The number of aromatic nitrogens is 5. The molecule has 0 N–H and O–H groups in total. The highest BCUT2D eigenvalue weighted by Gasteiger charge is 2.19. The van der Waals surface area contributed by atoms with Crippen molar-refractivity contribution in [2.75, 3.05) is 0 Å². The molecule has 0 aliphatic rings. The quantitative estimate of drug-likeness (QED) is 0.163. The SMILES string of the molecule is [C-]#[N+]c1ccc2c(c1)c1cc(-c3ccc(-c4nc(-c5cccc6ccccc56)nc(-c5cccc6ccccc56)n4)cc3)ccc1n2-c1ccc2oc3ccccc3c2n1. The molecule has 60 heavy (non-hydrogen) atoms. The van der Waals surface area contributed by atoms with Gasteiger partial charge in [0.05, 0.1) is 17.6 Å². The van der Waals surface area contributed by atoms with Crippen molar-refractivity contribution in [2.45, 2.75) is 0 Å². The van der Waals surface area contributed by atoms with E-state index in [0.29, 0.717) is 23.2 Å². The Kier molecular flexibility index (Phi) is 7.46. The maximum Gasteiger partial charge on any atom is 0.188 e. The second kappa shape index (κ2) is 13.3. The van der Waals surface area contributed by atoms with Crippen LogP contribution in [0.5, 0.6) is 0 Å². The van der Waals surface area contributed by atoms with Crippen LogP contribution in [0.25, 0.3) is 121 Å². The van der Waals surface area contributed by atoms with E-state index in [-0.39, 0.29) is 0 Å². The number of nitrogens with zero attached hydrogens (tertiary/aromatic N) is 6. The summed E-state index contributed by atoms with van der Waals surface area (Å²) in [7, 11) is 0. The summed E-state index contributed by atoms with van der Waals surface area (Å²) in [6, 6.07) is 61.9. The molecule has 0 saturated heterocycles. The Morgan fingerprint density at radius 1 is 0.417 bits per heavy atom. The average molecular weight is 767 g/mol. The van der Waals surface area contributed by atoms with Crippen LogP contribution in [0, 0.1) is 6.57 Å². The topological polar surface area (TPSA) is 74.0 Å². The van der Waals surface area contributed by atoms with Crippen LogP contribution in [0.3, 0.4) is 0 Å². The molecule has 0 aliphatic carbocycles. The first kappa shape index (κ1) is 33.6. The number of hydrogen-bond donors (Lipinski definition) is 0. The van der Waals surface area contributed by atoms with Gasteiger partial charge in [0.15, 0.2) is 28.7 Å². The van der Waals surface area contributed by atoms with Crippen molar-refractivity contribution in [1.82, 2.24) is 24.5 Å². The largest absolute Gasteiger partial charge is 0.454 e. The van der Waals surface area contributed by atoms with Crippen molar-refractivity contribution in [3.63, 3.8) is 0 Å². The van der Waals surface area contributed by atoms with Gasteiger partial charge in [-0.3, -0.25) is 4.57 Å². The van der Waals surface area contributed by atoms with E-state index in [1.807, 2.05) is 54.6 Å². The van der Waals surface area contributed by atoms with Crippen LogP contribution in [0.15, 0.2) is 186 Å². The first-order chi connectivity index (χ1) is 29.7. The van der Waals surface area contributed by atoms with Crippen molar-refractivity contribution < 1.29 is 4.42 Å². The normalized spacial score (nSPS) is 11.7. The molecule has 4 aromatic heterocycles. The van der Waals surface area contributed by atoms with Gasteiger partial charge in [-0.1, -0.05) is 133 Å². The van der Waals surface area contributed by atoms with Gasteiger partial charge in [0, 0.05) is 27.5 Å². The second-order valence-corrected chi connectivity index (χ2v) is 14.9. The number of para-hydroxylation sites is 1. The Bertz CT molecular complexity index is 3640. The molecule has 0 fully saturated rings. The lowest BCUT2D eigenvalue weighted by Gasteiger charge is -2.12. The van der Waals surface area contributed by atoms with E-state index in [2.05, 4.69) is 137 Å². The van der Waals surface area contributed by atoms with Gasteiger partial charge in [-0.25, -0.2) is 24.8 Å². The Balaban J connectivity index is 0.985. The van der Waals surface area contributed by atoms with E-state index < -0.39 is 0 Å². The molecule has 0 bridgehead atoms. The van der Waals surface area contributed by atoms with Gasteiger partial charge in [0.25, 0.3) is 0 Å². The summed E-state index contributed by atoms with van der Waals surface area (Å²) in [6.45, 7) is 7.79. The minimum atomic E-state index is 0.587. The zero-order valence-corrected chi connectivity index (χ0v) is 31.9. The highest BCUT2D eigenvalue weighted by atomic mass is 16.3. The van der Waals surface area contributed by atoms with Crippen LogP contribution in [0.1, 0.15) is 0 Å². The van der Waals surface area contributed by atoms with E-state index in [0.717, 1.165) is 99.1 Å². The lowest BCUT2D eigenvalue weighted by molar-refractivity contribution is 0.668. The Labute approximate surface area is 343 Å². The van der Waals surface area contributed by atoms with Crippen LogP contribution >= 0.6 is 0 Å².